The molecule has 2 saturated carbocycles. The molecule has 0 saturated heterocycles. The fraction of sp³-hybridized carbons (Fsp3) is 0.684. The molecule has 6 atom stereocenters. The minimum absolute atomic E-state index is 0.0744. The smallest absolute Gasteiger partial charge is 0.115 e. The van der Waals surface area contributed by atoms with Crippen molar-refractivity contribution in [2.45, 2.75) is 63.6 Å². The maximum absolute atomic E-state index is 10.6. The number of aryl methyl sites for hydroxylation is 1. The quantitative estimate of drug-likeness (QED) is 0.747. The van der Waals surface area contributed by atoms with Gasteiger partial charge in [0, 0.05) is 5.41 Å². The number of phenols is 1. The van der Waals surface area contributed by atoms with Crippen molar-refractivity contribution in [1.82, 2.24) is 0 Å². The lowest BCUT2D eigenvalue weighted by Crippen LogP contribution is -2.46. The molecule has 0 aliphatic heterocycles. The SMILES string of the molecule is CC[C@@]12CC[C@H]3c4ccc(O)cc4CC[C@@H]3[C@@H]1C[C@H](O)[C@@H]2O. The van der Waals surface area contributed by atoms with Gasteiger partial charge in [0.15, 0.2) is 0 Å². The number of phenolic OH excluding ortho intramolecular Hbond substituents is 1. The number of rotatable bonds is 1. The molecule has 22 heavy (non-hydrogen) atoms. The molecule has 0 heterocycles. The number of fused-ring (bicyclic) bond motifs is 5. The van der Waals surface area contributed by atoms with E-state index in [2.05, 4.69) is 13.0 Å². The fourth-order valence-electron chi connectivity index (χ4n) is 6.01. The predicted octanol–water partition coefficient (Wildman–Crippen LogP) is 2.97. The first kappa shape index (κ1) is 14.5. The van der Waals surface area contributed by atoms with Gasteiger partial charge in [0.25, 0.3) is 0 Å². The van der Waals surface area contributed by atoms with Crippen molar-refractivity contribution in [3.63, 3.8) is 0 Å². The normalized spacial score (nSPS) is 43.3. The van der Waals surface area contributed by atoms with Gasteiger partial charge in [0.2, 0.25) is 0 Å². The van der Waals surface area contributed by atoms with Crippen molar-refractivity contribution >= 4 is 0 Å². The molecule has 1 aromatic carbocycles. The topological polar surface area (TPSA) is 60.7 Å². The monoisotopic (exact) mass is 302 g/mol. The highest BCUT2D eigenvalue weighted by molar-refractivity contribution is 5.40. The van der Waals surface area contributed by atoms with Gasteiger partial charge in [-0.05, 0) is 79.5 Å². The molecule has 1 aromatic rings. The van der Waals surface area contributed by atoms with E-state index < -0.39 is 12.2 Å². The summed E-state index contributed by atoms with van der Waals surface area (Å²) < 4.78 is 0. The summed E-state index contributed by atoms with van der Waals surface area (Å²) in [7, 11) is 0. The number of aliphatic hydroxyl groups is 2. The van der Waals surface area contributed by atoms with Gasteiger partial charge in [-0.1, -0.05) is 13.0 Å². The summed E-state index contributed by atoms with van der Waals surface area (Å²) in [5.74, 6) is 1.90. The molecule has 120 valence electrons. The number of hydrogen-bond acceptors (Lipinski definition) is 3. The predicted molar refractivity (Wildman–Crippen MR) is 84.7 cm³/mol. The van der Waals surface area contributed by atoms with Crippen LogP contribution >= 0.6 is 0 Å². The molecular weight excluding hydrogens is 276 g/mol. The van der Waals surface area contributed by atoms with Crippen LogP contribution in [0, 0.1) is 17.3 Å². The van der Waals surface area contributed by atoms with Crippen molar-refractivity contribution in [2.24, 2.45) is 17.3 Å². The third-order valence-electron chi connectivity index (χ3n) is 7.07. The molecule has 3 N–H and O–H groups in total. The van der Waals surface area contributed by atoms with Gasteiger partial charge in [-0.2, -0.15) is 0 Å². The summed E-state index contributed by atoms with van der Waals surface area (Å²) >= 11 is 0. The Bertz CT molecular complexity index is 584. The molecule has 0 radical (unpaired) electrons. The van der Waals surface area contributed by atoms with Crippen LogP contribution in [0.25, 0.3) is 0 Å². The van der Waals surface area contributed by atoms with Gasteiger partial charge in [-0.25, -0.2) is 0 Å². The van der Waals surface area contributed by atoms with Gasteiger partial charge in [-0.15, -0.1) is 0 Å². The van der Waals surface area contributed by atoms with Crippen molar-refractivity contribution in [2.75, 3.05) is 0 Å². The molecule has 3 heteroatoms. The largest absolute Gasteiger partial charge is 0.508 e. The molecular formula is C19H26O3. The maximum atomic E-state index is 10.6. The van der Waals surface area contributed by atoms with Crippen molar-refractivity contribution < 1.29 is 15.3 Å². The highest BCUT2D eigenvalue weighted by Crippen LogP contribution is 2.62. The van der Waals surface area contributed by atoms with Crippen molar-refractivity contribution in [3.8, 4) is 5.75 Å². The zero-order valence-corrected chi connectivity index (χ0v) is 13.2. The van der Waals surface area contributed by atoms with Crippen LogP contribution in [0.5, 0.6) is 5.75 Å². The van der Waals surface area contributed by atoms with E-state index in [1.807, 2.05) is 6.07 Å². The standard InChI is InChI=1S/C19H26O3/c1-2-19-8-7-14-13-6-4-12(20)9-11(13)3-5-15(14)16(19)10-17(21)18(19)22/h4,6,9,14-18,20-22H,2-3,5,7-8,10H2,1H3/t14-,15-,16-,17-,18-,19+/m0/s1. The highest BCUT2D eigenvalue weighted by atomic mass is 16.3. The second-order valence-electron chi connectivity index (χ2n) is 7.67. The lowest BCUT2D eigenvalue weighted by Gasteiger charge is -2.51. The molecule has 3 aliphatic carbocycles. The average Bonchev–Trinajstić information content (AvgIpc) is 2.79. The molecule has 0 spiro atoms. The Morgan fingerprint density at radius 2 is 2.05 bits per heavy atom. The van der Waals surface area contributed by atoms with Gasteiger partial charge in [-0.3, -0.25) is 0 Å². The van der Waals surface area contributed by atoms with Gasteiger partial charge >= 0.3 is 0 Å². The Labute approximate surface area is 132 Å². The van der Waals surface area contributed by atoms with Crippen LogP contribution in [0.2, 0.25) is 0 Å². The van der Waals surface area contributed by atoms with E-state index in [0.717, 1.165) is 38.5 Å². The van der Waals surface area contributed by atoms with Crippen LogP contribution in [-0.2, 0) is 6.42 Å². The van der Waals surface area contributed by atoms with E-state index >= 15 is 0 Å². The summed E-state index contributed by atoms with van der Waals surface area (Å²) in [6, 6.07) is 5.83. The summed E-state index contributed by atoms with van der Waals surface area (Å²) in [4.78, 5) is 0. The van der Waals surface area contributed by atoms with Crippen LogP contribution in [0.3, 0.4) is 0 Å². The maximum Gasteiger partial charge on any atom is 0.115 e. The van der Waals surface area contributed by atoms with E-state index in [9.17, 15) is 15.3 Å². The van der Waals surface area contributed by atoms with Crippen LogP contribution in [0.4, 0.5) is 0 Å². The van der Waals surface area contributed by atoms with E-state index in [1.165, 1.54) is 11.1 Å². The molecule has 0 bridgehead atoms. The third-order valence-corrected chi connectivity index (χ3v) is 7.07. The number of aliphatic hydroxyl groups excluding tert-OH is 2. The zero-order valence-electron chi connectivity index (χ0n) is 13.2. The zero-order chi connectivity index (χ0) is 15.5. The minimum Gasteiger partial charge on any atom is -0.508 e. The molecule has 2 fully saturated rings. The lowest BCUT2D eigenvalue weighted by atomic mass is 9.54. The number of aromatic hydroxyl groups is 1. The van der Waals surface area contributed by atoms with E-state index in [1.54, 1.807) is 6.07 Å². The number of hydrogen-bond donors (Lipinski definition) is 3. The van der Waals surface area contributed by atoms with E-state index in [-0.39, 0.29) is 5.41 Å². The van der Waals surface area contributed by atoms with E-state index in [0.29, 0.717) is 23.5 Å². The third kappa shape index (κ3) is 1.82. The second kappa shape index (κ2) is 4.97. The van der Waals surface area contributed by atoms with Crippen LogP contribution in [0.15, 0.2) is 18.2 Å². The Morgan fingerprint density at radius 3 is 2.82 bits per heavy atom. The average molecular weight is 302 g/mol. The number of benzene rings is 1. The van der Waals surface area contributed by atoms with Gasteiger partial charge < -0.3 is 15.3 Å². The molecule has 0 unspecified atom stereocenters. The first-order valence-corrected chi connectivity index (χ1v) is 8.74. The summed E-state index contributed by atoms with van der Waals surface area (Å²) in [6.45, 7) is 2.17. The van der Waals surface area contributed by atoms with Crippen LogP contribution in [0.1, 0.15) is 56.1 Å². The van der Waals surface area contributed by atoms with Gasteiger partial charge in [0.05, 0.1) is 12.2 Å². The summed E-state index contributed by atoms with van der Waals surface area (Å²) in [5, 5.41) is 30.6. The Kier molecular flexibility index (Phi) is 3.28. The highest BCUT2D eigenvalue weighted by Gasteiger charge is 2.59. The first-order chi connectivity index (χ1) is 10.6. The van der Waals surface area contributed by atoms with Crippen LogP contribution < -0.4 is 0 Å². The lowest BCUT2D eigenvalue weighted by molar-refractivity contribution is -0.0641. The second-order valence-corrected chi connectivity index (χ2v) is 7.67. The molecule has 0 aromatic heterocycles. The first-order valence-electron chi connectivity index (χ1n) is 8.74. The molecule has 4 rings (SSSR count). The van der Waals surface area contributed by atoms with Crippen molar-refractivity contribution in [3.05, 3.63) is 29.3 Å². The molecule has 0 amide bonds. The summed E-state index contributed by atoms with van der Waals surface area (Å²) in [5.41, 5.74) is 2.62. The van der Waals surface area contributed by atoms with Crippen molar-refractivity contribution in [1.29, 1.82) is 0 Å². The Morgan fingerprint density at radius 1 is 1.23 bits per heavy atom. The Balaban J connectivity index is 1.72. The Hall–Kier alpha value is -1.06. The molecule has 3 aliphatic rings. The van der Waals surface area contributed by atoms with Gasteiger partial charge in [0.1, 0.15) is 5.75 Å². The van der Waals surface area contributed by atoms with E-state index in [4.69, 9.17) is 0 Å². The fourth-order valence-corrected chi connectivity index (χ4v) is 6.01. The van der Waals surface area contributed by atoms with Crippen LogP contribution in [-0.4, -0.2) is 27.5 Å². The summed E-state index contributed by atoms with van der Waals surface area (Å²) in [6.07, 6.45) is 4.84. The molecule has 3 nitrogen and oxygen atoms in total. The minimum atomic E-state index is -0.551.